The molecule has 0 amide bonds. The Morgan fingerprint density at radius 3 is 2.86 bits per heavy atom. The van der Waals surface area contributed by atoms with Crippen LogP contribution in [0.1, 0.15) is 43.9 Å². The van der Waals surface area contributed by atoms with Crippen LogP contribution in [0, 0.1) is 5.92 Å². The molecule has 1 heterocycles. The minimum atomic E-state index is 0.627. The van der Waals surface area contributed by atoms with Gasteiger partial charge in [-0.3, -0.25) is 0 Å². The van der Waals surface area contributed by atoms with E-state index in [-0.39, 0.29) is 0 Å². The van der Waals surface area contributed by atoms with Crippen LogP contribution in [0.15, 0.2) is 30.5 Å². The van der Waals surface area contributed by atoms with Gasteiger partial charge in [0.15, 0.2) is 0 Å². The van der Waals surface area contributed by atoms with Gasteiger partial charge in [-0.05, 0) is 43.5 Å². The Balaban J connectivity index is 1.84. The summed E-state index contributed by atoms with van der Waals surface area (Å²) in [6.07, 6.45) is 4.59. The highest BCUT2D eigenvalue weighted by atomic mass is 35.5. The fourth-order valence-corrected chi connectivity index (χ4v) is 2.73. The summed E-state index contributed by atoms with van der Waals surface area (Å²) >= 11 is 6.40. The number of nitrogens with one attached hydrogen (secondary N) is 1. The van der Waals surface area contributed by atoms with Gasteiger partial charge < -0.3 is 5.32 Å². The molecule has 0 unspecified atom stereocenters. The minimum Gasteiger partial charge on any atom is -0.312 e. The summed E-state index contributed by atoms with van der Waals surface area (Å²) in [6.45, 7) is 6.16. The van der Waals surface area contributed by atoms with Gasteiger partial charge >= 0.3 is 0 Å². The molecule has 0 spiro atoms. The molecule has 0 bridgehead atoms. The number of hydrogen-bond acceptors (Lipinski definition) is 2. The molecule has 112 valence electrons. The molecule has 0 aliphatic heterocycles. The van der Waals surface area contributed by atoms with Gasteiger partial charge in [0.05, 0.1) is 11.4 Å². The summed E-state index contributed by atoms with van der Waals surface area (Å²) in [5.41, 5.74) is 3.40. The van der Waals surface area contributed by atoms with E-state index in [1.165, 1.54) is 18.5 Å². The lowest BCUT2D eigenvalue weighted by Gasteiger charge is -2.13. The number of halogens is 1. The Labute approximate surface area is 131 Å². The molecule has 0 radical (unpaired) electrons. The molecular formula is C17H22ClN3. The van der Waals surface area contributed by atoms with Crippen molar-refractivity contribution in [1.29, 1.82) is 0 Å². The van der Waals surface area contributed by atoms with E-state index in [9.17, 15) is 0 Å². The lowest BCUT2D eigenvalue weighted by molar-refractivity contribution is 0.551. The van der Waals surface area contributed by atoms with Crippen molar-refractivity contribution in [2.45, 2.75) is 39.2 Å². The topological polar surface area (TPSA) is 29.9 Å². The molecular weight excluding hydrogens is 282 g/mol. The van der Waals surface area contributed by atoms with Gasteiger partial charge in [-0.1, -0.05) is 31.5 Å². The van der Waals surface area contributed by atoms with Gasteiger partial charge in [-0.2, -0.15) is 5.10 Å². The first-order valence-electron chi connectivity index (χ1n) is 7.69. The van der Waals surface area contributed by atoms with Gasteiger partial charge in [0, 0.05) is 29.2 Å². The molecule has 1 aliphatic rings. The Morgan fingerprint density at radius 1 is 1.33 bits per heavy atom. The minimum absolute atomic E-state index is 0.627. The van der Waals surface area contributed by atoms with Crippen molar-refractivity contribution in [2.24, 2.45) is 5.92 Å². The van der Waals surface area contributed by atoms with Gasteiger partial charge in [0.1, 0.15) is 0 Å². The molecule has 3 nitrogen and oxygen atoms in total. The number of rotatable bonds is 6. The zero-order valence-corrected chi connectivity index (χ0v) is 13.4. The van der Waals surface area contributed by atoms with Gasteiger partial charge in [-0.25, -0.2) is 4.68 Å². The van der Waals surface area contributed by atoms with E-state index in [1.54, 1.807) is 0 Å². The van der Waals surface area contributed by atoms with Gasteiger partial charge in [-0.15, -0.1) is 0 Å². The van der Waals surface area contributed by atoms with Crippen LogP contribution >= 0.6 is 11.6 Å². The second-order valence-corrected chi connectivity index (χ2v) is 6.63. The average molecular weight is 304 g/mol. The standard InChI is InChI=1S/C17H22ClN3/c1-12(2)10-19-11-14-15(18)4-3-5-17(14)21-9-8-16(20-21)13-6-7-13/h3-5,8-9,12-13,19H,6-7,10-11H2,1-2H3. The monoisotopic (exact) mass is 303 g/mol. The quantitative estimate of drug-likeness (QED) is 0.869. The van der Waals surface area contributed by atoms with Crippen molar-refractivity contribution in [3.8, 4) is 5.69 Å². The van der Waals surface area contributed by atoms with E-state index in [0.717, 1.165) is 29.4 Å². The van der Waals surface area contributed by atoms with Crippen molar-refractivity contribution in [3.63, 3.8) is 0 Å². The van der Waals surface area contributed by atoms with E-state index < -0.39 is 0 Å². The first-order valence-corrected chi connectivity index (χ1v) is 8.07. The molecule has 1 aliphatic carbocycles. The number of aromatic nitrogens is 2. The highest BCUT2D eigenvalue weighted by molar-refractivity contribution is 6.31. The van der Waals surface area contributed by atoms with Crippen LogP contribution in [0.2, 0.25) is 5.02 Å². The molecule has 1 aromatic heterocycles. The second kappa shape index (κ2) is 6.20. The lowest BCUT2D eigenvalue weighted by Crippen LogP contribution is -2.20. The summed E-state index contributed by atoms with van der Waals surface area (Å²) in [6, 6.07) is 8.15. The maximum Gasteiger partial charge on any atom is 0.0705 e. The third-order valence-corrected chi connectivity index (χ3v) is 4.15. The SMILES string of the molecule is CC(C)CNCc1c(Cl)cccc1-n1ccc(C2CC2)n1. The second-order valence-electron chi connectivity index (χ2n) is 6.22. The zero-order valence-electron chi connectivity index (χ0n) is 12.6. The Hall–Kier alpha value is -1.32. The van der Waals surface area contributed by atoms with E-state index >= 15 is 0 Å². The summed E-state index contributed by atoms with van der Waals surface area (Å²) in [7, 11) is 0. The molecule has 0 atom stereocenters. The smallest absolute Gasteiger partial charge is 0.0705 e. The molecule has 21 heavy (non-hydrogen) atoms. The third kappa shape index (κ3) is 3.47. The van der Waals surface area contributed by atoms with Crippen LogP contribution in [-0.2, 0) is 6.54 Å². The van der Waals surface area contributed by atoms with E-state index in [1.807, 2.05) is 23.0 Å². The largest absolute Gasteiger partial charge is 0.312 e. The van der Waals surface area contributed by atoms with E-state index in [2.05, 4.69) is 31.3 Å². The van der Waals surface area contributed by atoms with Crippen molar-refractivity contribution in [3.05, 3.63) is 46.7 Å². The predicted molar refractivity (Wildman–Crippen MR) is 87.1 cm³/mol. The normalized spacial score (nSPS) is 14.9. The van der Waals surface area contributed by atoms with Crippen molar-refractivity contribution in [2.75, 3.05) is 6.54 Å². The molecule has 1 aromatic carbocycles. The lowest BCUT2D eigenvalue weighted by atomic mass is 10.1. The molecule has 2 aromatic rings. The first kappa shape index (κ1) is 14.6. The van der Waals surface area contributed by atoms with Crippen LogP contribution in [0.4, 0.5) is 0 Å². The van der Waals surface area contributed by atoms with Crippen molar-refractivity contribution < 1.29 is 0 Å². The fourth-order valence-electron chi connectivity index (χ4n) is 2.49. The van der Waals surface area contributed by atoms with Crippen LogP contribution in [0.3, 0.4) is 0 Å². The van der Waals surface area contributed by atoms with Crippen LogP contribution in [0.5, 0.6) is 0 Å². The van der Waals surface area contributed by atoms with Gasteiger partial charge in [0.25, 0.3) is 0 Å². The van der Waals surface area contributed by atoms with Crippen LogP contribution in [0.25, 0.3) is 5.69 Å². The summed E-state index contributed by atoms with van der Waals surface area (Å²) in [4.78, 5) is 0. The van der Waals surface area contributed by atoms with Crippen molar-refractivity contribution >= 4 is 11.6 Å². The first-order chi connectivity index (χ1) is 10.1. The Bertz CT molecular complexity index is 614. The fraction of sp³-hybridized carbons (Fsp3) is 0.471. The highest BCUT2D eigenvalue weighted by Gasteiger charge is 2.26. The van der Waals surface area contributed by atoms with Crippen LogP contribution < -0.4 is 5.32 Å². The number of nitrogens with zero attached hydrogens (tertiary/aromatic N) is 2. The maximum atomic E-state index is 6.40. The maximum absolute atomic E-state index is 6.40. The summed E-state index contributed by atoms with van der Waals surface area (Å²) in [5.74, 6) is 1.30. The Kier molecular flexibility index (Phi) is 4.32. The van der Waals surface area contributed by atoms with Gasteiger partial charge in [0.2, 0.25) is 0 Å². The zero-order chi connectivity index (χ0) is 14.8. The Morgan fingerprint density at radius 2 is 2.14 bits per heavy atom. The third-order valence-electron chi connectivity index (χ3n) is 3.80. The summed E-state index contributed by atoms with van der Waals surface area (Å²) in [5, 5.41) is 8.98. The van der Waals surface area contributed by atoms with E-state index in [4.69, 9.17) is 16.7 Å². The van der Waals surface area contributed by atoms with E-state index in [0.29, 0.717) is 11.8 Å². The highest BCUT2D eigenvalue weighted by Crippen LogP contribution is 2.39. The molecule has 1 N–H and O–H groups in total. The average Bonchev–Trinajstić information content (AvgIpc) is 3.18. The predicted octanol–water partition coefficient (Wildman–Crippen LogP) is 4.15. The van der Waals surface area contributed by atoms with Crippen LogP contribution in [-0.4, -0.2) is 16.3 Å². The number of hydrogen-bond donors (Lipinski definition) is 1. The van der Waals surface area contributed by atoms with Crippen molar-refractivity contribution in [1.82, 2.24) is 15.1 Å². The molecule has 1 saturated carbocycles. The molecule has 4 heteroatoms. The summed E-state index contributed by atoms with van der Waals surface area (Å²) < 4.78 is 1.96. The molecule has 0 saturated heterocycles. The molecule has 3 rings (SSSR count). The molecule has 1 fully saturated rings. The number of benzene rings is 1.